The predicted molar refractivity (Wildman–Crippen MR) is 98.6 cm³/mol. The van der Waals surface area contributed by atoms with Gasteiger partial charge >= 0.3 is 0 Å². The number of likely N-dealkylation sites (N-methyl/N-ethyl adjacent to an activating group) is 1. The zero-order valence-electron chi connectivity index (χ0n) is 14.9. The zero-order chi connectivity index (χ0) is 17.1. The lowest BCUT2D eigenvalue weighted by molar-refractivity contribution is 0.103. The minimum absolute atomic E-state index is 0.113. The van der Waals surface area contributed by atoms with E-state index in [4.69, 9.17) is 0 Å². The Kier molecular flexibility index (Phi) is 5.12. The van der Waals surface area contributed by atoms with Crippen molar-refractivity contribution in [2.45, 2.75) is 20.4 Å². The average Bonchev–Trinajstić information content (AvgIpc) is 2.59. The van der Waals surface area contributed by atoms with Gasteiger partial charge in [0.1, 0.15) is 0 Å². The van der Waals surface area contributed by atoms with Gasteiger partial charge in [-0.3, -0.25) is 9.69 Å². The summed E-state index contributed by atoms with van der Waals surface area (Å²) in [5.41, 5.74) is 5.01. The second-order valence-electron chi connectivity index (χ2n) is 6.92. The fourth-order valence-electron chi connectivity index (χ4n) is 3.16. The van der Waals surface area contributed by atoms with Crippen molar-refractivity contribution in [3.63, 3.8) is 0 Å². The van der Waals surface area contributed by atoms with Gasteiger partial charge in [0.15, 0.2) is 5.78 Å². The van der Waals surface area contributed by atoms with E-state index in [0.717, 1.165) is 55.0 Å². The van der Waals surface area contributed by atoms with Gasteiger partial charge in [-0.05, 0) is 38.1 Å². The van der Waals surface area contributed by atoms with E-state index in [1.165, 1.54) is 5.56 Å². The number of nitrogens with zero attached hydrogens (tertiary/aromatic N) is 2. The van der Waals surface area contributed by atoms with Crippen molar-refractivity contribution < 1.29 is 4.79 Å². The molecule has 3 rings (SSSR count). The summed E-state index contributed by atoms with van der Waals surface area (Å²) in [7, 11) is 2.17. The summed E-state index contributed by atoms with van der Waals surface area (Å²) in [5.74, 6) is 0.113. The van der Waals surface area contributed by atoms with Crippen LogP contribution in [-0.4, -0.2) is 48.8 Å². The first-order chi connectivity index (χ1) is 11.5. The van der Waals surface area contributed by atoms with E-state index >= 15 is 0 Å². The van der Waals surface area contributed by atoms with Crippen LogP contribution in [0, 0.1) is 13.8 Å². The van der Waals surface area contributed by atoms with Crippen LogP contribution >= 0.6 is 0 Å². The van der Waals surface area contributed by atoms with Crippen molar-refractivity contribution in [3.8, 4) is 0 Å². The van der Waals surface area contributed by atoms with Gasteiger partial charge in [0, 0.05) is 43.9 Å². The molecule has 0 spiro atoms. The maximum absolute atomic E-state index is 12.7. The number of carbonyl (C=O) groups is 1. The number of hydrogen-bond donors (Lipinski definition) is 0. The number of aryl methyl sites for hydroxylation is 2. The molecule has 126 valence electrons. The highest BCUT2D eigenvalue weighted by Crippen LogP contribution is 2.17. The molecule has 1 saturated heterocycles. The van der Waals surface area contributed by atoms with Crippen molar-refractivity contribution in [1.82, 2.24) is 9.80 Å². The highest BCUT2D eigenvalue weighted by molar-refractivity contribution is 6.10. The van der Waals surface area contributed by atoms with Crippen LogP contribution in [0.2, 0.25) is 0 Å². The largest absolute Gasteiger partial charge is 0.304 e. The highest BCUT2D eigenvalue weighted by atomic mass is 16.1. The van der Waals surface area contributed by atoms with Gasteiger partial charge in [0.25, 0.3) is 0 Å². The first kappa shape index (κ1) is 16.9. The Morgan fingerprint density at radius 3 is 2.29 bits per heavy atom. The van der Waals surface area contributed by atoms with Crippen molar-refractivity contribution >= 4 is 5.78 Å². The van der Waals surface area contributed by atoms with Crippen LogP contribution < -0.4 is 0 Å². The van der Waals surface area contributed by atoms with Gasteiger partial charge in [-0.1, -0.05) is 42.0 Å². The van der Waals surface area contributed by atoms with Crippen molar-refractivity contribution in [2.75, 3.05) is 33.2 Å². The quantitative estimate of drug-likeness (QED) is 0.807. The number of carbonyl (C=O) groups excluding carboxylic acids is 1. The highest BCUT2D eigenvalue weighted by Gasteiger charge is 2.15. The molecule has 0 unspecified atom stereocenters. The molecule has 0 aromatic heterocycles. The van der Waals surface area contributed by atoms with Crippen molar-refractivity contribution in [3.05, 3.63) is 70.3 Å². The summed E-state index contributed by atoms with van der Waals surface area (Å²) >= 11 is 0. The van der Waals surface area contributed by atoms with Crippen LogP contribution in [-0.2, 0) is 6.54 Å². The molecule has 0 bridgehead atoms. The van der Waals surface area contributed by atoms with Gasteiger partial charge < -0.3 is 4.90 Å². The standard InChI is InChI=1S/C21H26N2O/c1-16-4-5-17(2)20(14-16)21(24)19-8-6-18(7-9-19)15-23-12-10-22(3)11-13-23/h4-9,14H,10-13,15H2,1-3H3. The molecule has 1 aliphatic rings. The van der Waals surface area contributed by atoms with E-state index < -0.39 is 0 Å². The number of hydrogen-bond acceptors (Lipinski definition) is 3. The average molecular weight is 322 g/mol. The van der Waals surface area contributed by atoms with Crippen LogP contribution in [0.3, 0.4) is 0 Å². The van der Waals surface area contributed by atoms with Crippen LogP contribution in [0.15, 0.2) is 42.5 Å². The van der Waals surface area contributed by atoms with Crippen LogP contribution in [0.4, 0.5) is 0 Å². The lowest BCUT2D eigenvalue weighted by atomic mass is 9.96. The van der Waals surface area contributed by atoms with E-state index in [-0.39, 0.29) is 5.78 Å². The molecule has 2 aromatic carbocycles. The van der Waals surface area contributed by atoms with E-state index in [2.05, 4.69) is 29.0 Å². The van der Waals surface area contributed by atoms with Crippen LogP contribution in [0.5, 0.6) is 0 Å². The summed E-state index contributed by atoms with van der Waals surface area (Å²) in [4.78, 5) is 17.6. The van der Waals surface area contributed by atoms with Crippen molar-refractivity contribution in [1.29, 1.82) is 0 Å². The van der Waals surface area contributed by atoms with Gasteiger partial charge in [0.05, 0.1) is 0 Å². The van der Waals surface area contributed by atoms with E-state index in [1.54, 1.807) is 0 Å². The molecule has 0 N–H and O–H groups in total. The Morgan fingerprint density at radius 2 is 1.62 bits per heavy atom. The fourth-order valence-corrected chi connectivity index (χ4v) is 3.16. The Labute approximate surface area is 144 Å². The summed E-state index contributed by atoms with van der Waals surface area (Å²) in [6, 6.07) is 14.2. The predicted octanol–water partition coefficient (Wildman–Crippen LogP) is 3.28. The molecule has 1 aliphatic heterocycles. The molecule has 3 nitrogen and oxygen atoms in total. The molecule has 0 amide bonds. The molecule has 24 heavy (non-hydrogen) atoms. The van der Waals surface area contributed by atoms with Crippen LogP contribution in [0.25, 0.3) is 0 Å². The topological polar surface area (TPSA) is 23.6 Å². The molecule has 0 radical (unpaired) electrons. The Bertz CT molecular complexity index is 713. The Morgan fingerprint density at radius 1 is 0.958 bits per heavy atom. The second kappa shape index (κ2) is 7.29. The fraction of sp³-hybridized carbons (Fsp3) is 0.381. The van der Waals surface area contributed by atoms with Gasteiger partial charge in [-0.15, -0.1) is 0 Å². The SMILES string of the molecule is Cc1ccc(C)c(C(=O)c2ccc(CN3CCN(C)CC3)cc2)c1. The summed E-state index contributed by atoms with van der Waals surface area (Å²) < 4.78 is 0. The lowest BCUT2D eigenvalue weighted by Gasteiger charge is -2.32. The third-order valence-electron chi connectivity index (χ3n) is 4.86. The summed E-state index contributed by atoms with van der Waals surface area (Å²) in [6.07, 6.45) is 0. The third kappa shape index (κ3) is 3.92. The van der Waals surface area contributed by atoms with Crippen LogP contribution in [0.1, 0.15) is 32.6 Å². The number of rotatable bonds is 4. The number of ketones is 1. The van der Waals surface area contributed by atoms with Crippen molar-refractivity contribution in [2.24, 2.45) is 0 Å². The third-order valence-corrected chi connectivity index (χ3v) is 4.86. The zero-order valence-corrected chi connectivity index (χ0v) is 14.9. The molecule has 3 heteroatoms. The Balaban J connectivity index is 1.70. The number of piperazine rings is 1. The smallest absolute Gasteiger partial charge is 0.193 e. The molecule has 2 aromatic rings. The second-order valence-corrected chi connectivity index (χ2v) is 6.92. The normalized spacial score (nSPS) is 16.3. The molecule has 0 atom stereocenters. The van der Waals surface area contributed by atoms with E-state index in [9.17, 15) is 4.79 Å². The van der Waals surface area contributed by atoms with Gasteiger partial charge in [0.2, 0.25) is 0 Å². The molecule has 1 fully saturated rings. The van der Waals surface area contributed by atoms with Gasteiger partial charge in [-0.25, -0.2) is 0 Å². The maximum Gasteiger partial charge on any atom is 0.193 e. The van der Waals surface area contributed by atoms with E-state index in [1.807, 2.05) is 44.2 Å². The van der Waals surface area contributed by atoms with E-state index in [0.29, 0.717) is 0 Å². The summed E-state index contributed by atoms with van der Waals surface area (Å²) in [6.45, 7) is 9.46. The molecular weight excluding hydrogens is 296 g/mol. The maximum atomic E-state index is 12.7. The molecule has 0 aliphatic carbocycles. The first-order valence-electron chi connectivity index (χ1n) is 8.65. The first-order valence-corrected chi connectivity index (χ1v) is 8.65. The molecule has 0 saturated carbocycles. The Hall–Kier alpha value is -1.97. The molecule has 1 heterocycles. The monoisotopic (exact) mass is 322 g/mol. The number of benzene rings is 2. The minimum Gasteiger partial charge on any atom is -0.304 e. The lowest BCUT2D eigenvalue weighted by Crippen LogP contribution is -2.43. The summed E-state index contributed by atoms with van der Waals surface area (Å²) in [5, 5.41) is 0. The molecular formula is C21H26N2O. The van der Waals surface area contributed by atoms with Gasteiger partial charge in [-0.2, -0.15) is 0 Å². The minimum atomic E-state index is 0.113.